The number of para-hydroxylation sites is 1. The molecule has 3 rings (SSSR count). The van der Waals surface area contributed by atoms with Crippen molar-refractivity contribution in [3.05, 3.63) is 42.0 Å². The van der Waals surface area contributed by atoms with Gasteiger partial charge in [-0.25, -0.2) is 0 Å². The minimum atomic E-state index is 0.302. The number of hydrogen-bond donors (Lipinski definition) is 0. The molecule has 1 unspecified atom stereocenters. The first-order valence-corrected chi connectivity index (χ1v) is 6.82. The number of aromatic nitrogens is 3. The van der Waals surface area contributed by atoms with Gasteiger partial charge in [-0.3, -0.25) is 0 Å². The molecule has 0 amide bonds. The zero-order valence-electron chi connectivity index (χ0n) is 11.4. The zero-order chi connectivity index (χ0) is 13.2. The molecule has 2 aromatic rings. The van der Waals surface area contributed by atoms with E-state index in [-0.39, 0.29) is 0 Å². The maximum absolute atomic E-state index is 5.84. The summed E-state index contributed by atoms with van der Waals surface area (Å²) in [6.45, 7) is 6.06. The number of rotatable bonds is 3. The summed E-state index contributed by atoms with van der Waals surface area (Å²) in [4.78, 5) is 0. The monoisotopic (exact) mass is 257 g/mol. The van der Waals surface area contributed by atoms with Gasteiger partial charge in [0, 0.05) is 6.54 Å². The van der Waals surface area contributed by atoms with Crippen molar-refractivity contribution < 1.29 is 4.74 Å². The lowest BCUT2D eigenvalue weighted by Crippen LogP contribution is -2.23. The van der Waals surface area contributed by atoms with Crippen molar-refractivity contribution in [3.63, 3.8) is 0 Å². The van der Waals surface area contributed by atoms with Gasteiger partial charge < -0.3 is 9.30 Å². The highest BCUT2D eigenvalue weighted by Crippen LogP contribution is 2.31. The van der Waals surface area contributed by atoms with Crippen LogP contribution in [0.2, 0.25) is 0 Å². The maximum Gasteiger partial charge on any atom is 0.139 e. The van der Waals surface area contributed by atoms with Crippen LogP contribution in [0.4, 0.5) is 0 Å². The second kappa shape index (κ2) is 5.03. The van der Waals surface area contributed by atoms with E-state index in [0.717, 1.165) is 24.5 Å². The Kier molecular flexibility index (Phi) is 3.23. The van der Waals surface area contributed by atoms with Crippen molar-refractivity contribution >= 4 is 0 Å². The van der Waals surface area contributed by atoms with Crippen LogP contribution in [0, 0.1) is 5.92 Å². The van der Waals surface area contributed by atoms with Gasteiger partial charge in [-0.05, 0) is 24.0 Å². The molecule has 100 valence electrons. The summed E-state index contributed by atoms with van der Waals surface area (Å²) in [5, 5.41) is 8.36. The Labute approximate surface area is 113 Å². The minimum absolute atomic E-state index is 0.302. The quantitative estimate of drug-likeness (QED) is 0.848. The van der Waals surface area contributed by atoms with Crippen LogP contribution in [0.15, 0.2) is 30.6 Å². The summed E-state index contributed by atoms with van der Waals surface area (Å²) >= 11 is 0. The highest BCUT2D eigenvalue weighted by Gasteiger charge is 2.25. The normalized spacial score (nSPS) is 18.2. The first kappa shape index (κ1) is 12.2. The predicted octanol–water partition coefficient (Wildman–Crippen LogP) is 2.65. The minimum Gasteiger partial charge on any atom is -0.493 e. The van der Waals surface area contributed by atoms with E-state index in [1.807, 2.05) is 18.5 Å². The molecule has 1 aromatic carbocycles. The highest BCUT2D eigenvalue weighted by molar-refractivity contribution is 5.36. The van der Waals surface area contributed by atoms with E-state index < -0.39 is 0 Å². The molecule has 19 heavy (non-hydrogen) atoms. The molecule has 1 atom stereocenters. The summed E-state index contributed by atoms with van der Waals surface area (Å²) in [6.07, 6.45) is 2.81. The predicted molar refractivity (Wildman–Crippen MR) is 73.2 cm³/mol. The molecule has 0 bridgehead atoms. The molecule has 1 aliphatic heterocycles. The molecule has 0 N–H and O–H groups in total. The Morgan fingerprint density at radius 3 is 3.05 bits per heavy atom. The number of benzene rings is 1. The molecule has 0 spiro atoms. The Morgan fingerprint density at radius 2 is 2.21 bits per heavy atom. The van der Waals surface area contributed by atoms with E-state index in [1.165, 1.54) is 5.56 Å². The van der Waals surface area contributed by atoms with E-state index in [1.54, 1.807) is 0 Å². The van der Waals surface area contributed by atoms with E-state index in [0.29, 0.717) is 18.4 Å². The lowest BCUT2D eigenvalue weighted by atomic mass is 9.96. The first-order valence-electron chi connectivity index (χ1n) is 6.82. The van der Waals surface area contributed by atoms with Gasteiger partial charge in [0.05, 0.1) is 12.5 Å². The SMILES string of the molecule is CC(C)Cn1cnnc1C1COc2ccccc2C1. The number of ether oxygens (including phenoxy) is 1. The highest BCUT2D eigenvalue weighted by atomic mass is 16.5. The zero-order valence-corrected chi connectivity index (χ0v) is 11.4. The van der Waals surface area contributed by atoms with Crippen LogP contribution >= 0.6 is 0 Å². The Hall–Kier alpha value is -1.84. The third kappa shape index (κ3) is 2.48. The molecule has 1 aliphatic rings. The smallest absolute Gasteiger partial charge is 0.139 e. The second-order valence-electron chi connectivity index (χ2n) is 5.56. The van der Waals surface area contributed by atoms with Crippen LogP contribution in [-0.4, -0.2) is 21.4 Å². The summed E-state index contributed by atoms with van der Waals surface area (Å²) in [5.41, 5.74) is 1.26. The van der Waals surface area contributed by atoms with Crippen LogP contribution in [0.25, 0.3) is 0 Å². The standard InChI is InChI=1S/C15H19N3O/c1-11(2)8-18-10-16-17-15(18)13-7-12-5-3-4-6-14(12)19-9-13/h3-6,10-11,13H,7-9H2,1-2H3. The molecule has 0 aliphatic carbocycles. The lowest BCUT2D eigenvalue weighted by Gasteiger charge is -2.25. The van der Waals surface area contributed by atoms with Crippen molar-refractivity contribution in [3.8, 4) is 5.75 Å². The Morgan fingerprint density at radius 1 is 1.37 bits per heavy atom. The molecular formula is C15H19N3O. The molecule has 0 fully saturated rings. The fourth-order valence-electron chi connectivity index (χ4n) is 2.61. The van der Waals surface area contributed by atoms with E-state index in [9.17, 15) is 0 Å². The third-order valence-corrected chi connectivity index (χ3v) is 3.45. The van der Waals surface area contributed by atoms with Crippen molar-refractivity contribution in [2.24, 2.45) is 5.92 Å². The topological polar surface area (TPSA) is 39.9 Å². The van der Waals surface area contributed by atoms with Gasteiger partial charge in [-0.15, -0.1) is 10.2 Å². The molecule has 0 saturated carbocycles. The summed E-state index contributed by atoms with van der Waals surface area (Å²) < 4.78 is 8.00. The Balaban J connectivity index is 1.83. The van der Waals surface area contributed by atoms with Crippen LogP contribution in [0.1, 0.15) is 31.2 Å². The van der Waals surface area contributed by atoms with Crippen molar-refractivity contribution in [1.29, 1.82) is 0 Å². The van der Waals surface area contributed by atoms with Crippen LogP contribution in [-0.2, 0) is 13.0 Å². The fourth-order valence-corrected chi connectivity index (χ4v) is 2.61. The van der Waals surface area contributed by atoms with Crippen molar-refractivity contribution in [1.82, 2.24) is 14.8 Å². The number of fused-ring (bicyclic) bond motifs is 1. The van der Waals surface area contributed by atoms with Gasteiger partial charge in [0.2, 0.25) is 0 Å². The maximum atomic E-state index is 5.84. The molecule has 4 heteroatoms. The van der Waals surface area contributed by atoms with Crippen LogP contribution in [0.5, 0.6) is 5.75 Å². The summed E-state index contributed by atoms with van der Waals surface area (Å²) in [6, 6.07) is 8.24. The average Bonchev–Trinajstić information content (AvgIpc) is 2.85. The second-order valence-corrected chi connectivity index (χ2v) is 5.56. The van der Waals surface area contributed by atoms with Crippen LogP contribution < -0.4 is 4.74 Å². The van der Waals surface area contributed by atoms with Crippen LogP contribution in [0.3, 0.4) is 0 Å². The van der Waals surface area contributed by atoms with E-state index in [2.05, 4.69) is 40.7 Å². The van der Waals surface area contributed by atoms with Gasteiger partial charge in [0.15, 0.2) is 0 Å². The van der Waals surface area contributed by atoms with Gasteiger partial charge >= 0.3 is 0 Å². The van der Waals surface area contributed by atoms with Gasteiger partial charge in [-0.1, -0.05) is 32.0 Å². The molecule has 1 aromatic heterocycles. The Bertz CT molecular complexity index is 562. The number of nitrogens with zero attached hydrogens (tertiary/aromatic N) is 3. The molecular weight excluding hydrogens is 238 g/mol. The van der Waals surface area contributed by atoms with Gasteiger partial charge in [0.25, 0.3) is 0 Å². The lowest BCUT2D eigenvalue weighted by molar-refractivity contribution is 0.253. The average molecular weight is 257 g/mol. The van der Waals surface area contributed by atoms with Gasteiger partial charge in [0.1, 0.15) is 17.9 Å². The first-order chi connectivity index (χ1) is 9.24. The van der Waals surface area contributed by atoms with E-state index in [4.69, 9.17) is 4.74 Å². The van der Waals surface area contributed by atoms with E-state index >= 15 is 0 Å². The number of hydrogen-bond acceptors (Lipinski definition) is 3. The van der Waals surface area contributed by atoms with Crippen molar-refractivity contribution in [2.45, 2.75) is 32.7 Å². The fraction of sp³-hybridized carbons (Fsp3) is 0.467. The van der Waals surface area contributed by atoms with Crippen molar-refractivity contribution in [2.75, 3.05) is 6.61 Å². The molecule has 0 radical (unpaired) electrons. The summed E-state index contributed by atoms with van der Waals surface area (Å²) in [5.74, 6) is 2.94. The molecule has 4 nitrogen and oxygen atoms in total. The third-order valence-electron chi connectivity index (χ3n) is 3.45. The largest absolute Gasteiger partial charge is 0.493 e. The molecule has 0 saturated heterocycles. The van der Waals surface area contributed by atoms with Gasteiger partial charge in [-0.2, -0.15) is 0 Å². The molecule has 2 heterocycles. The summed E-state index contributed by atoms with van der Waals surface area (Å²) in [7, 11) is 0.